The first-order valence-corrected chi connectivity index (χ1v) is 2.89. The molecule has 5 heteroatoms. The summed E-state index contributed by atoms with van der Waals surface area (Å²) < 4.78 is 0. The third kappa shape index (κ3) is 1.08. The third-order valence-electron chi connectivity index (χ3n) is 1.38. The van der Waals surface area contributed by atoms with Crippen LogP contribution in [0.4, 0.5) is 0 Å². The Morgan fingerprint density at radius 3 is 2.30 bits per heavy atom. The SMILES string of the molecule is NC1CN(C(=O)C(=O)O)C1. The molecule has 56 valence electrons. The third-order valence-corrected chi connectivity index (χ3v) is 1.38. The Balaban J connectivity index is 2.38. The number of nitrogens with two attached hydrogens (primary N) is 1. The number of likely N-dealkylation sites (tertiary alicyclic amines) is 1. The molecule has 0 radical (unpaired) electrons. The van der Waals surface area contributed by atoms with Crippen LogP contribution in [0.15, 0.2) is 0 Å². The molecular formula is C5H8N2O3. The highest BCUT2D eigenvalue weighted by molar-refractivity contribution is 6.31. The van der Waals surface area contributed by atoms with Gasteiger partial charge >= 0.3 is 11.9 Å². The van der Waals surface area contributed by atoms with Gasteiger partial charge in [0.15, 0.2) is 0 Å². The summed E-state index contributed by atoms with van der Waals surface area (Å²) in [7, 11) is 0. The van der Waals surface area contributed by atoms with Crippen molar-refractivity contribution in [3.8, 4) is 0 Å². The van der Waals surface area contributed by atoms with E-state index in [1.807, 2.05) is 0 Å². The fourth-order valence-electron chi connectivity index (χ4n) is 0.814. The van der Waals surface area contributed by atoms with E-state index >= 15 is 0 Å². The fourth-order valence-corrected chi connectivity index (χ4v) is 0.814. The second kappa shape index (κ2) is 2.26. The van der Waals surface area contributed by atoms with Crippen molar-refractivity contribution >= 4 is 11.9 Å². The molecule has 1 heterocycles. The van der Waals surface area contributed by atoms with Gasteiger partial charge in [-0.05, 0) is 0 Å². The lowest BCUT2D eigenvalue weighted by Crippen LogP contribution is -2.59. The van der Waals surface area contributed by atoms with Crippen molar-refractivity contribution in [2.24, 2.45) is 5.73 Å². The van der Waals surface area contributed by atoms with Crippen molar-refractivity contribution in [2.45, 2.75) is 6.04 Å². The van der Waals surface area contributed by atoms with Crippen molar-refractivity contribution in [2.75, 3.05) is 13.1 Å². The number of amides is 1. The summed E-state index contributed by atoms with van der Waals surface area (Å²) in [5.41, 5.74) is 5.32. The van der Waals surface area contributed by atoms with Gasteiger partial charge < -0.3 is 15.7 Å². The highest BCUT2D eigenvalue weighted by atomic mass is 16.4. The van der Waals surface area contributed by atoms with Crippen LogP contribution in [-0.4, -0.2) is 41.0 Å². The van der Waals surface area contributed by atoms with Crippen LogP contribution in [0, 0.1) is 0 Å². The zero-order valence-electron chi connectivity index (χ0n) is 5.28. The van der Waals surface area contributed by atoms with Gasteiger partial charge in [-0.2, -0.15) is 0 Å². The van der Waals surface area contributed by atoms with E-state index in [2.05, 4.69) is 0 Å². The quantitative estimate of drug-likeness (QED) is 0.394. The molecule has 0 aromatic carbocycles. The average Bonchev–Trinajstić information content (AvgIpc) is 1.79. The van der Waals surface area contributed by atoms with Gasteiger partial charge in [0, 0.05) is 19.1 Å². The van der Waals surface area contributed by atoms with E-state index < -0.39 is 11.9 Å². The molecule has 1 aliphatic heterocycles. The van der Waals surface area contributed by atoms with E-state index in [1.165, 1.54) is 4.90 Å². The van der Waals surface area contributed by atoms with E-state index in [9.17, 15) is 9.59 Å². The molecule has 10 heavy (non-hydrogen) atoms. The second-order valence-corrected chi connectivity index (χ2v) is 2.28. The summed E-state index contributed by atoms with van der Waals surface area (Å²) in [4.78, 5) is 21.8. The first kappa shape index (κ1) is 7.01. The number of rotatable bonds is 0. The van der Waals surface area contributed by atoms with E-state index in [0.29, 0.717) is 13.1 Å². The molecule has 0 bridgehead atoms. The summed E-state index contributed by atoms with van der Waals surface area (Å²) in [5, 5.41) is 8.17. The zero-order valence-corrected chi connectivity index (χ0v) is 5.28. The highest BCUT2D eigenvalue weighted by Crippen LogP contribution is 2.04. The Hall–Kier alpha value is -1.10. The first-order valence-electron chi connectivity index (χ1n) is 2.89. The predicted molar refractivity (Wildman–Crippen MR) is 32.2 cm³/mol. The van der Waals surface area contributed by atoms with Gasteiger partial charge in [0.2, 0.25) is 0 Å². The van der Waals surface area contributed by atoms with Gasteiger partial charge in [0.1, 0.15) is 0 Å². The molecule has 0 saturated carbocycles. The molecule has 0 unspecified atom stereocenters. The highest BCUT2D eigenvalue weighted by Gasteiger charge is 2.31. The van der Waals surface area contributed by atoms with Crippen LogP contribution in [0.5, 0.6) is 0 Å². The average molecular weight is 144 g/mol. The predicted octanol–water partition coefficient (Wildman–Crippen LogP) is -1.76. The zero-order chi connectivity index (χ0) is 7.72. The molecule has 3 N–H and O–H groups in total. The Bertz CT molecular complexity index is 174. The lowest BCUT2D eigenvalue weighted by atomic mass is 10.1. The van der Waals surface area contributed by atoms with E-state index in [1.54, 1.807) is 0 Å². The van der Waals surface area contributed by atoms with Crippen LogP contribution in [-0.2, 0) is 9.59 Å². The standard InChI is InChI=1S/C5H8N2O3/c6-3-1-7(2-3)4(8)5(9)10/h3H,1-2,6H2,(H,9,10). The van der Waals surface area contributed by atoms with Gasteiger partial charge in [-0.15, -0.1) is 0 Å². The van der Waals surface area contributed by atoms with Crippen molar-refractivity contribution in [3.05, 3.63) is 0 Å². The fraction of sp³-hybridized carbons (Fsp3) is 0.600. The van der Waals surface area contributed by atoms with Gasteiger partial charge in [-0.3, -0.25) is 4.79 Å². The molecule has 0 atom stereocenters. The lowest BCUT2D eigenvalue weighted by Gasteiger charge is -2.35. The monoisotopic (exact) mass is 144 g/mol. The number of nitrogens with zero attached hydrogens (tertiary/aromatic N) is 1. The van der Waals surface area contributed by atoms with Crippen molar-refractivity contribution in [1.82, 2.24) is 4.90 Å². The molecule has 0 aliphatic carbocycles. The Labute approximate surface area is 57.4 Å². The minimum Gasteiger partial charge on any atom is -0.474 e. The van der Waals surface area contributed by atoms with Gasteiger partial charge in [-0.25, -0.2) is 4.79 Å². The Kier molecular flexibility index (Phi) is 1.58. The molecule has 5 nitrogen and oxygen atoms in total. The van der Waals surface area contributed by atoms with Crippen LogP contribution in [0.25, 0.3) is 0 Å². The maximum Gasteiger partial charge on any atom is 0.394 e. The van der Waals surface area contributed by atoms with Gasteiger partial charge in [0.25, 0.3) is 0 Å². The van der Waals surface area contributed by atoms with E-state index in [0.717, 1.165) is 0 Å². The van der Waals surface area contributed by atoms with Crippen LogP contribution in [0.2, 0.25) is 0 Å². The summed E-state index contributed by atoms with van der Waals surface area (Å²) >= 11 is 0. The molecule has 0 aromatic heterocycles. The minimum absolute atomic E-state index is 0.0386. The molecule has 0 aromatic rings. The Morgan fingerprint density at radius 2 is 2.00 bits per heavy atom. The maximum atomic E-state index is 10.5. The number of carbonyl (C=O) groups excluding carboxylic acids is 1. The van der Waals surface area contributed by atoms with Crippen molar-refractivity contribution in [1.29, 1.82) is 0 Å². The molecule has 0 spiro atoms. The van der Waals surface area contributed by atoms with Crippen LogP contribution >= 0.6 is 0 Å². The topological polar surface area (TPSA) is 83.6 Å². The van der Waals surface area contributed by atoms with Crippen LogP contribution in [0.3, 0.4) is 0 Å². The minimum atomic E-state index is -1.41. The largest absolute Gasteiger partial charge is 0.474 e. The molecule has 1 rings (SSSR count). The maximum absolute atomic E-state index is 10.5. The molecule has 1 amide bonds. The molecular weight excluding hydrogens is 136 g/mol. The molecule has 1 saturated heterocycles. The van der Waals surface area contributed by atoms with E-state index in [-0.39, 0.29) is 6.04 Å². The normalized spacial score (nSPS) is 18.3. The Morgan fingerprint density at radius 1 is 1.50 bits per heavy atom. The van der Waals surface area contributed by atoms with Gasteiger partial charge in [0.05, 0.1) is 0 Å². The number of carboxylic acids is 1. The van der Waals surface area contributed by atoms with Crippen molar-refractivity contribution < 1.29 is 14.7 Å². The first-order chi connectivity index (χ1) is 4.61. The summed E-state index contributed by atoms with van der Waals surface area (Å²) in [5.74, 6) is -2.27. The molecule has 1 fully saturated rings. The van der Waals surface area contributed by atoms with Crippen molar-refractivity contribution in [3.63, 3.8) is 0 Å². The number of aliphatic carboxylic acids is 1. The second-order valence-electron chi connectivity index (χ2n) is 2.28. The molecule has 1 aliphatic rings. The number of hydrogen-bond acceptors (Lipinski definition) is 3. The lowest BCUT2D eigenvalue weighted by molar-refractivity contribution is -0.158. The smallest absolute Gasteiger partial charge is 0.394 e. The van der Waals surface area contributed by atoms with Crippen LogP contribution < -0.4 is 5.73 Å². The number of carbonyl (C=O) groups is 2. The summed E-state index contributed by atoms with van der Waals surface area (Å²) in [6.45, 7) is 0.732. The van der Waals surface area contributed by atoms with Crippen LogP contribution in [0.1, 0.15) is 0 Å². The number of hydrogen-bond donors (Lipinski definition) is 2. The summed E-state index contributed by atoms with van der Waals surface area (Å²) in [6, 6.07) is -0.0386. The van der Waals surface area contributed by atoms with E-state index in [4.69, 9.17) is 10.8 Å². The number of carboxylic acid groups (broad SMARTS) is 1. The summed E-state index contributed by atoms with van der Waals surface area (Å²) in [6.07, 6.45) is 0. The van der Waals surface area contributed by atoms with Gasteiger partial charge in [-0.1, -0.05) is 0 Å².